The van der Waals surface area contributed by atoms with Gasteiger partial charge >= 0.3 is 0 Å². The third kappa shape index (κ3) is 5.58. The van der Waals surface area contributed by atoms with Crippen LogP contribution in [-0.4, -0.2) is 37.0 Å². The van der Waals surface area contributed by atoms with Crippen molar-refractivity contribution in [1.29, 1.82) is 0 Å². The molecule has 1 rings (SSSR count). The Morgan fingerprint density at radius 1 is 1.43 bits per heavy atom. The standard InChI is InChI=1S/C11H23NO2/c1-9(2)12-11(7-13)8-14-6-5-10-3-4-10/h9-13H,3-8H2,1-2H3. The molecule has 0 aromatic carbocycles. The van der Waals surface area contributed by atoms with E-state index in [4.69, 9.17) is 9.84 Å². The predicted molar refractivity (Wildman–Crippen MR) is 57.3 cm³/mol. The topological polar surface area (TPSA) is 41.5 Å². The van der Waals surface area contributed by atoms with Gasteiger partial charge in [-0.1, -0.05) is 26.7 Å². The van der Waals surface area contributed by atoms with Crippen LogP contribution in [0.1, 0.15) is 33.1 Å². The van der Waals surface area contributed by atoms with Gasteiger partial charge in [-0.05, 0) is 12.3 Å². The molecule has 1 aliphatic rings. The number of rotatable bonds is 8. The molecule has 0 aliphatic heterocycles. The third-order valence-corrected chi connectivity index (χ3v) is 2.48. The van der Waals surface area contributed by atoms with Crippen molar-refractivity contribution in [2.75, 3.05) is 19.8 Å². The maximum absolute atomic E-state index is 9.05. The summed E-state index contributed by atoms with van der Waals surface area (Å²) in [5.74, 6) is 0.931. The molecule has 0 bridgehead atoms. The summed E-state index contributed by atoms with van der Waals surface area (Å²) >= 11 is 0. The van der Waals surface area contributed by atoms with E-state index in [9.17, 15) is 0 Å². The lowest BCUT2D eigenvalue weighted by Gasteiger charge is -2.18. The van der Waals surface area contributed by atoms with Crippen molar-refractivity contribution in [3.8, 4) is 0 Å². The number of aliphatic hydroxyl groups excluding tert-OH is 1. The molecule has 1 atom stereocenters. The normalized spacial score (nSPS) is 18.9. The molecule has 1 aliphatic carbocycles. The van der Waals surface area contributed by atoms with Crippen LogP contribution in [0.3, 0.4) is 0 Å². The SMILES string of the molecule is CC(C)NC(CO)COCCC1CC1. The Kier molecular flexibility index (Phi) is 5.45. The lowest BCUT2D eigenvalue weighted by molar-refractivity contribution is 0.0821. The number of hydrogen-bond acceptors (Lipinski definition) is 3. The molecule has 3 heteroatoms. The average Bonchev–Trinajstić information content (AvgIpc) is 2.93. The Hall–Kier alpha value is -0.120. The first-order chi connectivity index (χ1) is 6.72. The van der Waals surface area contributed by atoms with Crippen LogP contribution >= 0.6 is 0 Å². The van der Waals surface area contributed by atoms with Crippen LogP contribution < -0.4 is 5.32 Å². The first kappa shape index (κ1) is 12.0. The van der Waals surface area contributed by atoms with Gasteiger partial charge in [0.25, 0.3) is 0 Å². The molecule has 84 valence electrons. The van der Waals surface area contributed by atoms with Gasteiger partial charge in [0.1, 0.15) is 0 Å². The highest BCUT2D eigenvalue weighted by Gasteiger charge is 2.20. The molecule has 0 aromatic heterocycles. The van der Waals surface area contributed by atoms with Gasteiger partial charge < -0.3 is 15.2 Å². The number of aliphatic hydroxyl groups is 1. The molecule has 0 amide bonds. The highest BCUT2D eigenvalue weighted by Crippen LogP contribution is 2.32. The van der Waals surface area contributed by atoms with Crippen molar-refractivity contribution in [1.82, 2.24) is 5.32 Å². The van der Waals surface area contributed by atoms with Crippen LogP contribution in [-0.2, 0) is 4.74 Å². The van der Waals surface area contributed by atoms with E-state index in [-0.39, 0.29) is 12.6 Å². The number of nitrogens with one attached hydrogen (secondary N) is 1. The molecule has 0 radical (unpaired) electrons. The second-order valence-electron chi connectivity index (χ2n) is 4.51. The Bertz CT molecular complexity index is 146. The fourth-order valence-corrected chi connectivity index (χ4v) is 1.51. The molecule has 1 fully saturated rings. The summed E-state index contributed by atoms with van der Waals surface area (Å²) in [4.78, 5) is 0. The average molecular weight is 201 g/mol. The second-order valence-corrected chi connectivity index (χ2v) is 4.51. The van der Waals surface area contributed by atoms with E-state index in [2.05, 4.69) is 19.2 Å². The van der Waals surface area contributed by atoms with Crippen LogP contribution in [0.2, 0.25) is 0 Å². The van der Waals surface area contributed by atoms with Gasteiger partial charge in [0, 0.05) is 12.6 Å². The Morgan fingerprint density at radius 2 is 2.14 bits per heavy atom. The van der Waals surface area contributed by atoms with Crippen molar-refractivity contribution in [2.24, 2.45) is 5.92 Å². The third-order valence-electron chi connectivity index (χ3n) is 2.48. The van der Waals surface area contributed by atoms with Crippen molar-refractivity contribution in [2.45, 2.75) is 45.2 Å². The number of hydrogen-bond donors (Lipinski definition) is 2. The zero-order chi connectivity index (χ0) is 10.4. The minimum Gasteiger partial charge on any atom is -0.395 e. The molecule has 14 heavy (non-hydrogen) atoms. The van der Waals surface area contributed by atoms with E-state index in [0.29, 0.717) is 12.6 Å². The highest BCUT2D eigenvalue weighted by molar-refractivity contribution is 4.73. The molecule has 0 heterocycles. The van der Waals surface area contributed by atoms with E-state index < -0.39 is 0 Å². The minimum absolute atomic E-state index is 0.0919. The van der Waals surface area contributed by atoms with Crippen molar-refractivity contribution < 1.29 is 9.84 Å². The maximum Gasteiger partial charge on any atom is 0.0642 e. The Balaban J connectivity index is 1.95. The summed E-state index contributed by atoms with van der Waals surface area (Å²) in [7, 11) is 0. The Morgan fingerprint density at radius 3 is 2.64 bits per heavy atom. The first-order valence-electron chi connectivity index (χ1n) is 5.67. The summed E-state index contributed by atoms with van der Waals surface area (Å²) in [6.45, 7) is 5.78. The lowest BCUT2D eigenvalue weighted by atomic mass is 10.3. The molecular formula is C11H23NO2. The molecule has 0 aromatic rings. The molecule has 0 spiro atoms. The van der Waals surface area contributed by atoms with Gasteiger partial charge in [0.15, 0.2) is 0 Å². The second kappa shape index (κ2) is 6.38. The molecule has 1 unspecified atom stereocenters. The smallest absolute Gasteiger partial charge is 0.0642 e. The summed E-state index contributed by atoms with van der Waals surface area (Å²) in [5, 5.41) is 12.3. The molecule has 3 nitrogen and oxygen atoms in total. The van der Waals surface area contributed by atoms with Crippen LogP contribution in [0.15, 0.2) is 0 Å². The zero-order valence-electron chi connectivity index (χ0n) is 9.33. The zero-order valence-corrected chi connectivity index (χ0v) is 9.33. The van der Waals surface area contributed by atoms with Crippen LogP contribution in [0.25, 0.3) is 0 Å². The van der Waals surface area contributed by atoms with Gasteiger partial charge in [-0.15, -0.1) is 0 Å². The van der Waals surface area contributed by atoms with Gasteiger partial charge in [-0.3, -0.25) is 0 Å². The van der Waals surface area contributed by atoms with Gasteiger partial charge in [-0.25, -0.2) is 0 Å². The predicted octanol–water partition coefficient (Wildman–Crippen LogP) is 1.16. The molecular weight excluding hydrogens is 178 g/mol. The fraction of sp³-hybridized carbons (Fsp3) is 1.00. The van der Waals surface area contributed by atoms with Gasteiger partial charge in [-0.2, -0.15) is 0 Å². The van der Waals surface area contributed by atoms with Gasteiger partial charge in [0.05, 0.1) is 19.3 Å². The van der Waals surface area contributed by atoms with E-state index in [0.717, 1.165) is 12.5 Å². The molecule has 1 saturated carbocycles. The maximum atomic E-state index is 9.05. The largest absolute Gasteiger partial charge is 0.395 e. The fourth-order valence-electron chi connectivity index (χ4n) is 1.51. The minimum atomic E-state index is 0.0919. The van der Waals surface area contributed by atoms with Crippen LogP contribution in [0.4, 0.5) is 0 Å². The van der Waals surface area contributed by atoms with Crippen molar-refractivity contribution in [3.05, 3.63) is 0 Å². The van der Waals surface area contributed by atoms with Crippen molar-refractivity contribution in [3.63, 3.8) is 0 Å². The summed E-state index contributed by atoms with van der Waals surface area (Å²) in [6, 6.07) is 0.494. The quantitative estimate of drug-likeness (QED) is 0.579. The van der Waals surface area contributed by atoms with E-state index >= 15 is 0 Å². The van der Waals surface area contributed by atoms with E-state index in [1.165, 1.54) is 19.3 Å². The van der Waals surface area contributed by atoms with E-state index in [1.54, 1.807) is 0 Å². The van der Waals surface area contributed by atoms with Gasteiger partial charge in [0.2, 0.25) is 0 Å². The Labute approximate surface area is 86.8 Å². The first-order valence-corrected chi connectivity index (χ1v) is 5.67. The number of ether oxygens (including phenoxy) is 1. The summed E-state index contributed by atoms with van der Waals surface area (Å²) < 4.78 is 5.52. The highest BCUT2D eigenvalue weighted by atomic mass is 16.5. The lowest BCUT2D eigenvalue weighted by Crippen LogP contribution is -2.40. The summed E-state index contributed by atoms with van der Waals surface area (Å²) in [6.07, 6.45) is 3.97. The van der Waals surface area contributed by atoms with Crippen LogP contribution in [0.5, 0.6) is 0 Å². The molecule has 2 N–H and O–H groups in total. The van der Waals surface area contributed by atoms with Crippen molar-refractivity contribution >= 4 is 0 Å². The summed E-state index contributed by atoms with van der Waals surface area (Å²) in [5.41, 5.74) is 0. The van der Waals surface area contributed by atoms with E-state index in [1.807, 2.05) is 0 Å². The molecule has 0 saturated heterocycles. The monoisotopic (exact) mass is 201 g/mol. The van der Waals surface area contributed by atoms with Crippen LogP contribution in [0, 0.1) is 5.92 Å².